The highest BCUT2D eigenvalue weighted by Crippen LogP contribution is 2.26. The van der Waals surface area contributed by atoms with Crippen molar-refractivity contribution in [2.45, 2.75) is 31.4 Å². The number of aromatic carboxylic acids is 1. The lowest BCUT2D eigenvalue weighted by atomic mass is 10.0. The lowest BCUT2D eigenvalue weighted by Gasteiger charge is -2.12. The summed E-state index contributed by atoms with van der Waals surface area (Å²) in [7, 11) is -3.82. The van der Waals surface area contributed by atoms with Gasteiger partial charge in [0.2, 0.25) is 10.0 Å². The van der Waals surface area contributed by atoms with E-state index in [0.29, 0.717) is 16.7 Å². The number of aliphatic hydroxyl groups excluding tert-OH is 1. The third-order valence-corrected chi connectivity index (χ3v) is 4.94. The molecule has 0 aliphatic heterocycles. The molecule has 0 spiro atoms. The minimum atomic E-state index is -3.82. The van der Waals surface area contributed by atoms with Crippen LogP contribution in [0.15, 0.2) is 47.4 Å². The standard InChI is InChI=1S/C17H19NO5S/c1-11(2)18-24(22,23)16-8-14(7-15(9-16)17(20)21)13-5-3-4-12(6-13)10-19/h3-9,11,18-19H,10H2,1-2H3,(H,20,21). The molecule has 0 fully saturated rings. The SMILES string of the molecule is CC(C)NS(=O)(=O)c1cc(C(=O)O)cc(-c2cccc(CO)c2)c1. The van der Waals surface area contributed by atoms with Crippen molar-refractivity contribution in [1.29, 1.82) is 0 Å². The van der Waals surface area contributed by atoms with Crippen molar-refractivity contribution in [1.82, 2.24) is 4.72 Å². The molecule has 0 aromatic heterocycles. The summed E-state index contributed by atoms with van der Waals surface area (Å²) in [6.45, 7) is 3.21. The van der Waals surface area contributed by atoms with E-state index in [0.717, 1.165) is 6.07 Å². The highest BCUT2D eigenvalue weighted by molar-refractivity contribution is 7.89. The van der Waals surface area contributed by atoms with Gasteiger partial charge in [-0.25, -0.2) is 17.9 Å². The summed E-state index contributed by atoms with van der Waals surface area (Å²) in [6.07, 6.45) is 0. The second kappa shape index (κ2) is 7.12. The Hall–Kier alpha value is -2.22. The van der Waals surface area contributed by atoms with Gasteiger partial charge in [-0.05, 0) is 54.8 Å². The zero-order chi connectivity index (χ0) is 17.9. The summed E-state index contributed by atoms with van der Waals surface area (Å²) in [5, 5.41) is 18.5. The number of carbonyl (C=O) groups is 1. The molecule has 0 aliphatic carbocycles. The van der Waals surface area contributed by atoms with Crippen LogP contribution in [-0.2, 0) is 16.6 Å². The van der Waals surface area contributed by atoms with Crippen molar-refractivity contribution in [2.75, 3.05) is 0 Å². The van der Waals surface area contributed by atoms with E-state index >= 15 is 0 Å². The third-order valence-electron chi connectivity index (χ3n) is 3.30. The van der Waals surface area contributed by atoms with Gasteiger partial charge in [-0.1, -0.05) is 18.2 Å². The van der Waals surface area contributed by atoms with Gasteiger partial charge in [-0.15, -0.1) is 0 Å². The summed E-state index contributed by atoms with van der Waals surface area (Å²) >= 11 is 0. The Kier molecular flexibility index (Phi) is 5.38. The average molecular weight is 349 g/mol. The number of carboxylic acid groups (broad SMARTS) is 1. The molecule has 128 valence electrons. The van der Waals surface area contributed by atoms with Gasteiger partial charge in [-0.2, -0.15) is 0 Å². The van der Waals surface area contributed by atoms with E-state index in [1.165, 1.54) is 12.1 Å². The second-order valence-electron chi connectivity index (χ2n) is 5.69. The molecule has 7 heteroatoms. The van der Waals surface area contributed by atoms with Crippen molar-refractivity contribution in [3.63, 3.8) is 0 Å². The fraction of sp³-hybridized carbons (Fsp3) is 0.235. The molecule has 0 aliphatic rings. The summed E-state index contributed by atoms with van der Waals surface area (Å²) in [5.41, 5.74) is 1.61. The van der Waals surface area contributed by atoms with Gasteiger partial charge in [0.1, 0.15) is 0 Å². The smallest absolute Gasteiger partial charge is 0.335 e. The predicted octanol–water partition coefficient (Wildman–Crippen LogP) is 2.23. The quantitative estimate of drug-likeness (QED) is 0.742. The Morgan fingerprint density at radius 1 is 1.12 bits per heavy atom. The number of hydrogen-bond acceptors (Lipinski definition) is 4. The molecule has 0 saturated heterocycles. The van der Waals surface area contributed by atoms with Gasteiger partial charge >= 0.3 is 5.97 Å². The van der Waals surface area contributed by atoms with E-state index < -0.39 is 16.0 Å². The summed E-state index contributed by atoms with van der Waals surface area (Å²) in [6, 6.07) is 10.5. The van der Waals surface area contributed by atoms with E-state index in [4.69, 9.17) is 0 Å². The van der Waals surface area contributed by atoms with Gasteiger partial charge in [0.15, 0.2) is 0 Å². The van der Waals surface area contributed by atoms with E-state index in [-0.39, 0.29) is 23.1 Å². The van der Waals surface area contributed by atoms with Gasteiger partial charge in [-0.3, -0.25) is 0 Å². The zero-order valence-electron chi connectivity index (χ0n) is 13.4. The molecule has 0 radical (unpaired) electrons. The molecular weight excluding hydrogens is 330 g/mol. The largest absolute Gasteiger partial charge is 0.478 e. The lowest BCUT2D eigenvalue weighted by Crippen LogP contribution is -2.30. The van der Waals surface area contributed by atoms with Crippen LogP contribution in [0, 0.1) is 0 Å². The first kappa shape index (κ1) is 18.1. The molecule has 0 heterocycles. The van der Waals surface area contributed by atoms with Crippen molar-refractivity contribution in [3.8, 4) is 11.1 Å². The Balaban J connectivity index is 2.62. The first-order valence-electron chi connectivity index (χ1n) is 7.34. The third kappa shape index (κ3) is 4.19. The predicted molar refractivity (Wildman–Crippen MR) is 90.2 cm³/mol. The van der Waals surface area contributed by atoms with Crippen molar-refractivity contribution >= 4 is 16.0 Å². The zero-order valence-corrected chi connectivity index (χ0v) is 14.2. The summed E-state index contributed by atoms with van der Waals surface area (Å²) < 4.78 is 27.2. The molecular formula is C17H19NO5S. The summed E-state index contributed by atoms with van der Waals surface area (Å²) in [4.78, 5) is 11.2. The van der Waals surface area contributed by atoms with Crippen LogP contribution >= 0.6 is 0 Å². The van der Waals surface area contributed by atoms with Crippen LogP contribution in [0.3, 0.4) is 0 Å². The van der Waals surface area contributed by atoms with E-state index in [2.05, 4.69) is 4.72 Å². The van der Waals surface area contributed by atoms with Crippen LogP contribution in [0.25, 0.3) is 11.1 Å². The maximum absolute atomic E-state index is 12.4. The van der Waals surface area contributed by atoms with Crippen LogP contribution in [0.5, 0.6) is 0 Å². The normalized spacial score (nSPS) is 11.7. The molecule has 0 saturated carbocycles. The fourth-order valence-electron chi connectivity index (χ4n) is 2.27. The monoisotopic (exact) mass is 349 g/mol. The summed E-state index contributed by atoms with van der Waals surface area (Å²) in [5.74, 6) is -1.21. The Labute approximate surface area is 140 Å². The van der Waals surface area contributed by atoms with Crippen molar-refractivity contribution in [3.05, 3.63) is 53.6 Å². The van der Waals surface area contributed by atoms with E-state index in [9.17, 15) is 23.4 Å². The van der Waals surface area contributed by atoms with Crippen LogP contribution in [0.2, 0.25) is 0 Å². The lowest BCUT2D eigenvalue weighted by molar-refractivity contribution is 0.0696. The molecule has 2 rings (SSSR count). The molecule has 6 nitrogen and oxygen atoms in total. The molecule has 2 aromatic carbocycles. The van der Waals surface area contributed by atoms with Crippen molar-refractivity contribution in [2.24, 2.45) is 0 Å². The topological polar surface area (TPSA) is 104 Å². The molecule has 3 N–H and O–H groups in total. The molecule has 0 unspecified atom stereocenters. The van der Waals surface area contributed by atoms with Gasteiger partial charge in [0, 0.05) is 6.04 Å². The van der Waals surface area contributed by atoms with Gasteiger partial charge in [0.25, 0.3) is 0 Å². The number of hydrogen-bond donors (Lipinski definition) is 3. The average Bonchev–Trinajstić information content (AvgIpc) is 2.53. The van der Waals surface area contributed by atoms with Gasteiger partial charge < -0.3 is 10.2 Å². The van der Waals surface area contributed by atoms with Crippen LogP contribution in [0.4, 0.5) is 0 Å². The van der Waals surface area contributed by atoms with Crippen molar-refractivity contribution < 1.29 is 23.4 Å². The molecule has 0 atom stereocenters. The minimum absolute atomic E-state index is 0.111. The number of carboxylic acids is 1. The Bertz CT molecular complexity index is 859. The molecule has 2 aromatic rings. The first-order valence-corrected chi connectivity index (χ1v) is 8.82. The Morgan fingerprint density at radius 2 is 1.83 bits per heavy atom. The fourth-order valence-corrected chi connectivity index (χ4v) is 3.59. The van der Waals surface area contributed by atoms with Crippen LogP contribution in [-0.4, -0.2) is 30.6 Å². The maximum Gasteiger partial charge on any atom is 0.335 e. The van der Waals surface area contributed by atoms with Crippen LogP contribution in [0.1, 0.15) is 29.8 Å². The number of aliphatic hydroxyl groups is 1. The van der Waals surface area contributed by atoms with E-state index in [1.54, 1.807) is 38.1 Å². The highest BCUT2D eigenvalue weighted by atomic mass is 32.2. The first-order chi connectivity index (χ1) is 11.2. The second-order valence-corrected chi connectivity index (χ2v) is 7.40. The molecule has 0 bridgehead atoms. The molecule has 0 amide bonds. The number of benzene rings is 2. The highest BCUT2D eigenvalue weighted by Gasteiger charge is 2.19. The Morgan fingerprint density at radius 3 is 2.42 bits per heavy atom. The maximum atomic E-state index is 12.4. The molecule has 24 heavy (non-hydrogen) atoms. The minimum Gasteiger partial charge on any atom is -0.478 e. The number of nitrogens with one attached hydrogen (secondary N) is 1. The van der Waals surface area contributed by atoms with E-state index in [1.807, 2.05) is 0 Å². The number of sulfonamides is 1. The van der Waals surface area contributed by atoms with Gasteiger partial charge in [0.05, 0.1) is 17.1 Å². The van der Waals surface area contributed by atoms with Crippen LogP contribution < -0.4 is 4.72 Å². The number of rotatable bonds is 6.